The molecule has 0 spiro atoms. The number of rotatable bonds is 2. The van der Waals surface area contributed by atoms with Crippen LogP contribution in [0.15, 0.2) is 12.4 Å². The van der Waals surface area contributed by atoms with Gasteiger partial charge in [0.15, 0.2) is 0 Å². The minimum atomic E-state index is -1.09. The average molecular weight is 155 g/mol. The van der Waals surface area contributed by atoms with Crippen LogP contribution in [0.5, 0.6) is 0 Å². The Balaban J connectivity index is 2.93. The van der Waals surface area contributed by atoms with Gasteiger partial charge in [0.1, 0.15) is 11.5 Å². The Bertz CT molecular complexity index is 241. The highest BCUT2D eigenvalue weighted by molar-refractivity contribution is 5.33. The van der Waals surface area contributed by atoms with Crippen molar-refractivity contribution in [2.75, 3.05) is 12.8 Å². The lowest BCUT2D eigenvalue weighted by atomic mass is 10.4. The van der Waals surface area contributed by atoms with Crippen LogP contribution >= 0.6 is 0 Å². The molecule has 0 saturated carbocycles. The third-order valence-electron chi connectivity index (χ3n) is 1.21. The summed E-state index contributed by atoms with van der Waals surface area (Å²) in [6.45, 7) is 0. The lowest BCUT2D eigenvalue weighted by molar-refractivity contribution is -0.0794. The summed E-state index contributed by atoms with van der Waals surface area (Å²) in [7, 11) is 1.36. The van der Waals surface area contributed by atoms with E-state index in [2.05, 4.69) is 14.7 Å². The fourth-order valence-corrected chi connectivity index (χ4v) is 0.661. The minimum absolute atomic E-state index is 0.182. The van der Waals surface area contributed by atoms with Crippen LogP contribution in [0, 0.1) is 0 Å². The maximum absolute atomic E-state index is 9.11. The Labute approximate surface area is 63.8 Å². The number of aliphatic hydroxyl groups excluding tert-OH is 1. The zero-order chi connectivity index (χ0) is 8.27. The molecule has 3 N–H and O–H groups in total. The molecule has 1 heterocycles. The van der Waals surface area contributed by atoms with Gasteiger partial charge in [-0.3, -0.25) is 4.98 Å². The first kappa shape index (κ1) is 7.90. The van der Waals surface area contributed by atoms with Crippen molar-refractivity contribution in [3.05, 3.63) is 18.1 Å². The maximum Gasteiger partial charge on any atom is 0.202 e. The second-order valence-corrected chi connectivity index (χ2v) is 1.91. The molecule has 11 heavy (non-hydrogen) atoms. The highest BCUT2D eigenvalue weighted by atomic mass is 16.6. The molecule has 1 aromatic heterocycles. The number of methoxy groups -OCH3 is 1. The lowest BCUT2D eigenvalue weighted by Crippen LogP contribution is -2.07. The largest absolute Gasteiger partial charge is 0.382 e. The quantitative estimate of drug-likeness (QED) is 0.573. The van der Waals surface area contributed by atoms with Crippen LogP contribution in [0.4, 0.5) is 5.82 Å². The van der Waals surface area contributed by atoms with Gasteiger partial charge in [-0.25, -0.2) is 4.98 Å². The standard InChI is InChI=1S/C6H9N3O2/c1-11-6(10)4-5(7)9-3-2-8-4/h2-3,6,10H,1H3,(H2,7,9). The third kappa shape index (κ3) is 1.63. The van der Waals surface area contributed by atoms with Crippen LogP contribution in [-0.4, -0.2) is 22.2 Å². The summed E-state index contributed by atoms with van der Waals surface area (Å²) in [5, 5.41) is 9.11. The van der Waals surface area contributed by atoms with Crippen molar-refractivity contribution in [1.29, 1.82) is 0 Å². The molecule has 0 saturated heterocycles. The molecule has 0 aliphatic heterocycles. The summed E-state index contributed by atoms with van der Waals surface area (Å²) in [6.07, 6.45) is 1.79. The van der Waals surface area contributed by atoms with Crippen molar-refractivity contribution in [3.8, 4) is 0 Å². The molecular formula is C6H9N3O2. The van der Waals surface area contributed by atoms with Gasteiger partial charge < -0.3 is 15.6 Å². The first-order chi connectivity index (χ1) is 5.25. The number of nitrogens with zero attached hydrogens (tertiary/aromatic N) is 2. The van der Waals surface area contributed by atoms with Crippen LogP contribution in [0.25, 0.3) is 0 Å². The number of hydrogen-bond acceptors (Lipinski definition) is 5. The summed E-state index contributed by atoms with van der Waals surface area (Å²) < 4.78 is 4.59. The van der Waals surface area contributed by atoms with Gasteiger partial charge in [-0.1, -0.05) is 0 Å². The van der Waals surface area contributed by atoms with Crippen LogP contribution in [0.2, 0.25) is 0 Å². The normalized spacial score (nSPS) is 12.9. The van der Waals surface area contributed by atoms with Crippen molar-refractivity contribution < 1.29 is 9.84 Å². The van der Waals surface area contributed by atoms with Crippen molar-refractivity contribution in [2.24, 2.45) is 0 Å². The van der Waals surface area contributed by atoms with E-state index in [0.717, 1.165) is 0 Å². The predicted octanol–water partition coefficient (Wildman–Crippen LogP) is -0.304. The second-order valence-electron chi connectivity index (χ2n) is 1.91. The molecule has 0 bridgehead atoms. The van der Waals surface area contributed by atoms with E-state index in [0.29, 0.717) is 0 Å². The molecule has 1 unspecified atom stereocenters. The van der Waals surface area contributed by atoms with Gasteiger partial charge >= 0.3 is 0 Å². The molecule has 60 valence electrons. The topological polar surface area (TPSA) is 81.3 Å². The van der Waals surface area contributed by atoms with Crippen LogP contribution in [0.3, 0.4) is 0 Å². The van der Waals surface area contributed by atoms with Gasteiger partial charge in [0, 0.05) is 19.5 Å². The van der Waals surface area contributed by atoms with Crippen LogP contribution in [0.1, 0.15) is 12.0 Å². The first-order valence-corrected chi connectivity index (χ1v) is 3.03. The van der Waals surface area contributed by atoms with Gasteiger partial charge in [0.25, 0.3) is 0 Å². The van der Waals surface area contributed by atoms with Gasteiger partial charge in [-0.2, -0.15) is 0 Å². The number of nitrogen functional groups attached to an aromatic ring is 1. The molecule has 0 amide bonds. The molecule has 0 fully saturated rings. The van der Waals surface area contributed by atoms with E-state index in [1.165, 1.54) is 19.5 Å². The summed E-state index contributed by atoms with van der Waals surface area (Å²) >= 11 is 0. The Morgan fingerprint density at radius 2 is 2.18 bits per heavy atom. The summed E-state index contributed by atoms with van der Waals surface area (Å²) in [6, 6.07) is 0. The predicted molar refractivity (Wildman–Crippen MR) is 38.4 cm³/mol. The van der Waals surface area contributed by atoms with Crippen LogP contribution < -0.4 is 5.73 Å². The van der Waals surface area contributed by atoms with E-state index in [1.54, 1.807) is 0 Å². The monoisotopic (exact) mass is 155 g/mol. The number of aromatic nitrogens is 2. The van der Waals surface area contributed by atoms with Gasteiger partial charge in [-0.15, -0.1) is 0 Å². The van der Waals surface area contributed by atoms with Crippen molar-refractivity contribution >= 4 is 5.82 Å². The van der Waals surface area contributed by atoms with Crippen molar-refractivity contribution in [2.45, 2.75) is 6.29 Å². The Morgan fingerprint density at radius 1 is 1.55 bits per heavy atom. The molecular weight excluding hydrogens is 146 g/mol. The number of nitrogens with two attached hydrogens (primary N) is 1. The molecule has 0 aliphatic rings. The Kier molecular flexibility index (Phi) is 2.35. The fraction of sp³-hybridized carbons (Fsp3) is 0.333. The zero-order valence-corrected chi connectivity index (χ0v) is 6.06. The molecule has 1 atom stereocenters. The van der Waals surface area contributed by atoms with Gasteiger partial charge in [0.05, 0.1) is 0 Å². The number of aliphatic hydroxyl groups is 1. The second kappa shape index (κ2) is 3.27. The number of anilines is 1. The maximum atomic E-state index is 9.11. The summed E-state index contributed by atoms with van der Waals surface area (Å²) in [5.74, 6) is 0.182. The molecule has 1 rings (SSSR count). The van der Waals surface area contributed by atoms with E-state index in [1.807, 2.05) is 0 Å². The summed E-state index contributed by atoms with van der Waals surface area (Å²) in [4.78, 5) is 7.51. The Hall–Kier alpha value is -1.20. The fourth-order valence-electron chi connectivity index (χ4n) is 0.661. The highest BCUT2D eigenvalue weighted by Crippen LogP contribution is 2.13. The van der Waals surface area contributed by atoms with E-state index >= 15 is 0 Å². The summed E-state index contributed by atoms with van der Waals surface area (Å²) in [5.41, 5.74) is 5.63. The van der Waals surface area contributed by atoms with Gasteiger partial charge in [-0.05, 0) is 0 Å². The van der Waals surface area contributed by atoms with E-state index in [4.69, 9.17) is 10.8 Å². The van der Waals surface area contributed by atoms with Crippen LogP contribution in [-0.2, 0) is 4.74 Å². The smallest absolute Gasteiger partial charge is 0.202 e. The highest BCUT2D eigenvalue weighted by Gasteiger charge is 2.10. The molecule has 0 aliphatic carbocycles. The van der Waals surface area contributed by atoms with Crippen molar-refractivity contribution in [1.82, 2.24) is 9.97 Å². The molecule has 5 nitrogen and oxygen atoms in total. The number of ether oxygens (including phenoxy) is 1. The molecule has 1 aromatic rings. The molecule has 5 heteroatoms. The molecule has 0 aromatic carbocycles. The average Bonchev–Trinajstić information content (AvgIpc) is 2.04. The third-order valence-corrected chi connectivity index (χ3v) is 1.21. The molecule has 0 radical (unpaired) electrons. The van der Waals surface area contributed by atoms with E-state index in [9.17, 15) is 0 Å². The minimum Gasteiger partial charge on any atom is -0.382 e. The zero-order valence-electron chi connectivity index (χ0n) is 6.06. The van der Waals surface area contributed by atoms with Gasteiger partial charge in [0.2, 0.25) is 6.29 Å². The first-order valence-electron chi connectivity index (χ1n) is 3.03. The SMILES string of the molecule is COC(O)c1nccnc1N. The van der Waals surface area contributed by atoms with E-state index < -0.39 is 6.29 Å². The lowest BCUT2D eigenvalue weighted by Gasteiger charge is -2.07. The van der Waals surface area contributed by atoms with E-state index in [-0.39, 0.29) is 11.5 Å². The number of hydrogen-bond donors (Lipinski definition) is 2. The Morgan fingerprint density at radius 3 is 2.73 bits per heavy atom. The van der Waals surface area contributed by atoms with Crippen molar-refractivity contribution in [3.63, 3.8) is 0 Å².